The fourth-order valence-electron chi connectivity index (χ4n) is 4.46. The molecule has 2 aliphatic heterocycles. The molecule has 0 amide bonds. The lowest BCUT2D eigenvalue weighted by Gasteiger charge is -2.46. The van der Waals surface area contributed by atoms with Crippen LogP contribution in [-0.4, -0.2) is 62.8 Å². The first-order valence-corrected chi connectivity index (χ1v) is 12.0. The van der Waals surface area contributed by atoms with Crippen molar-refractivity contribution in [3.05, 3.63) is 88.0 Å². The number of carbonyl (C=O) groups is 2. The van der Waals surface area contributed by atoms with Crippen molar-refractivity contribution in [1.82, 2.24) is 0 Å². The van der Waals surface area contributed by atoms with Gasteiger partial charge in [-0.25, -0.2) is 9.59 Å². The molecule has 0 radical (unpaired) electrons. The van der Waals surface area contributed by atoms with Gasteiger partial charge in [0.15, 0.2) is 6.10 Å². The Morgan fingerprint density at radius 2 is 1.17 bits per heavy atom. The van der Waals surface area contributed by atoms with Crippen molar-refractivity contribution in [3.63, 3.8) is 0 Å². The van der Waals surface area contributed by atoms with Gasteiger partial charge in [0.1, 0.15) is 6.10 Å². The second kappa shape index (κ2) is 11.6. The van der Waals surface area contributed by atoms with Crippen LogP contribution in [0.4, 0.5) is 22.7 Å². The lowest BCUT2D eigenvalue weighted by atomic mass is 9.93. The van der Waals surface area contributed by atoms with E-state index in [4.69, 9.17) is 18.9 Å². The number of rotatable bonds is 8. The standard InChI is InChI=1S/C23H20N4O14/c28-21(13-5-15(24(30)31)9-16(6-13)25(32)33)40-19-11-20(23(39-12-19)3-1-2-4-38-23)41-22(29)14-7-17(26(34)35)10-18(8-14)27(36)37/h5-10,19-20H,1-4,11-12H2/t19-,20+,23-/m1/s1. The number of hydrogen-bond donors (Lipinski definition) is 0. The lowest BCUT2D eigenvalue weighted by Crippen LogP contribution is -2.57. The highest BCUT2D eigenvalue weighted by Gasteiger charge is 2.50. The van der Waals surface area contributed by atoms with Gasteiger partial charge in [-0.3, -0.25) is 40.5 Å². The van der Waals surface area contributed by atoms with Crippen LogP contribution in [0, 0.1) is 40.5 Å². The molecule has 1 spiro atoms. The molecule has 4 rings (SSSR count). The van der Waals surface area contributed by atoms with Crippen LogP contribution in [0.5, 0.6) is 0 Å². The molecule has 2 aromatic carbocycles. The fourth-order valence-corrected chi connectivity index (χ4v) is 4.46. The van der Waals surface area contributed by atoms with Gasteiger partial charge in [-0.1, -0.05) is 0 Å². The monoisotopic (exact) mass is 576 g/mol. The zero-order valence-corrected chi connectivity index (χ0v) is 20.9. The number of ether oxygens (including phenoxy) is 4. The van der Waals surface area contributed by atoms with Crippen LogP contribution in [0.15, 0.2) is 36.4 Å². The number of esters is 2. The van der Waals surface area contributed by atoms with E-state index in [1.165, 1.54) is 0 Å². The zero-order valence-electron chi connectivity index (χ0n) is 20.9. The molecule has 0 aliphatic carbocycles. The predicted molar refractivity (Wildman–Crippen MR) is 131 cm³/mol. The molecule has 0 bridgehead atoms. The predicted octanol–water partition coefficient (Wildman–Crippen LogP) is 3.39. The number of nitro groups is 4. The van der Waals surface area contributed by atoms with Crippen LogP contribution in [0.1, 0.15) is 46.4 Å². The van der Waals surface area contributed by atoms with E-state index < -0.39 is 83.5 Å². The summed E-state index contributed by atoms with van der Waals surface area (Å²) in [6.07, 6.45) is -1.04. The third kappa shape index (κ3) is 6.39. The summed E-state index contributed by atoms with van der Waals surface area (Å²) in [5.41, 5.74) is -3.81. The molecule has 216 valence electrons. The van der Waals surface area contributed by atoms with Crippen molar-refractivity contribution in [2.24, 2.45) is 0 Å². The van der Waals surface area contributed by atoms with E-state index in [1.54, 1.807) is 0 Å². The minimum atomic E-state index is -1.46. The quantitative estimate of drug-likeness (QED) is 0.248. The minimum Gasteiger partial charge on any atom is -0.456 e. The van der Waals surface area contributed by atoms with Crippen molar-refractivity contribution >= 4 is 34.7 Å². The first-order chi connectivity index (χ1) is 19.4. The summed E-state index contributed by atoms with van der Waals surface area (Å²) < 4.78 is 22.6. The Kier molecular flexibility index (Phi) is 8.15. The molecular weight excluding hydrogens is 556 g/mol. The molecule has 2 fully saturated rings. The molecule has 2 heterocycles. The largest absolute Gasteiger partial charge is 0.456 e. The summed E-state index contributed by atoms with van der Waals surface area (Å²) in [6, 6.07) is 4.58. The third-order valence-corrected chi connectivity index (χ3v) is 6.39. The van der Waals surface area contributed by atoms with Gasteiger partial charge >= 0.3 is 11.9 Å². The number of benzene rings is 2. The lowest BCUT2D eigenvalue weighted by molar-refractivity contribution is -0.394. The number of nitrogens with zero attached hydrogens (tertiary/aromatic N) is 4. The summed E-state index contributed by atoms with van der Waals surface area (Å²) in [6.45, 7) is -0.0166. The topological polar surface area (TPSA) is 244 Å². The molecule has 18 heteroatoms. The second-order valence-corrected chi connectivity index (χ2v) is 9.09. The normalized spacial score (nSPS) is 22.0. The van der Waals surface area contributed by atoms with Gasteiger partial charge in [0, 0.05) is 37.1 Å². The molecule has 18 nitrogen and oxygen atoms in total. The van der Waals surface area contributed by atoms with E-state index in [1.807, 2.05) is 0 Å². The second-order valence-electron chi connectivity index (χ2n) is 9.09. The maximum absolute atomic E-state index is 13.0. The maximum atomic E-state index is 13.0. The van der Waals surface area contributed by atoms with Crippen molar-refractivity contribution < 1.29 is 48.2 Å². The van der Waals surface area contributed by atoms with E-state index in [0.29, 0.717) is 25.0 Å². The minimum absolute atomic E-state index is 0.217. The van der Waals surface area contributed by atoms with Crippen molar-refractivity contribution in [2.75, 3.05) is 13.2 Å². The van der Waals surface area contributed by atoms with Gasteiger partial charge < -0.3 is 18.9 Å². The van der Waals surface area contributed by atoms with E-state index in [0.717, 1.165) is 24.3 Å². The average Bonchev–Trinajstić information content (AvgIpc) is 2.94. The zero-order chi connectivity index (χ0) is 29.9. The highest BCUT2D eigenvalue weighted by Crippen LogP contribution is 2.38. The smallest absolute Gasteiger partial charge is 0.339 e. The summed E-state index contributed by atoms with van der Waals surface area (Å²) in [7, 11) is 0. The van der Waals surface area contributed by atoms with Crippen molar-refractivity contribution in [3.8, 4) is 0 Å². The SMILES string of the molecule is O=C(O[C@H]1CO[C@]2(CCCCO2)[C@@H](OC(=O)c2cc([N+](=O)[O-])cc([N+](=O)[O-])c2)C1)c1cc([N+](=O)[O-])cc([N+](=O)[O-])c1. The van der Waals surface area contributed by atoms with Gasteiger partial charge in [-0.05, 0) is 12.8 Å². The van der Waals surface area contributed by atoms with E-state index >= 15 is 0 Å². The summed E-state index contributed by atoms with van der Waals surface area (Å²) in [5, 5.41) is 44.8. The average molecular weight is 576 g/mol. The van der Waals surface area contributed by atoms with Crippen LogP contribution < -0.4 is 0 Å². The number of carbonyl (C=O) groups excluding carboxylic acids is 2. The van der Waals surface area contributed by atoms with Gasteiger partial charge in [-0.15, -0.1) is 0 Å². The van der Waals surface area contributed by atoms with Gasteiger partial charge in [0.2, 0.25) is 5.79 Å². The van der Waals surface area contributed by atoms with Crippen molar-refractivity contribution in [1.29, 1.82) is 0 Å². The number of nitro benzene ring substituents is 4. The maximum Gasteiger partial charge on any atom is 0.339 e. The van der Waals surface area contributed by atoms with Crippen LogP contribution in [-0.2, 0) is 18.9 Å². The first-order valence-electron chi connectivity index (χ1n) is 12.0. The van der Waals surface area contributed by atoms with Crippen LogP contribution in [0.3, 0.4) is 0 Å². The Bertz CT molecular complexity index is 1370. The molecule has 3 atom stereocenters. The Labute approximate surface area is 228 Å². The van der Waals surface area contributed by atoms with E-state index in [-0.39, 0.29) is 26.1 Å². The highest BCUT2D eigenvalue weighted by molar-refractivity contribution is 5.92. The van der Waals surface area contributed by atoms with E-state index in [9.17, 15) is 50.0 Å². The van der Waals surface area contributed by atoms with Crippen LogP contribution in [0.2, 0.25) is 0 Å². The summed E-state index contributed by atoms with van der Waals surface area (Å²) in [5.74, 6) is -3.78. The molecule has 41 heavy (non-hydrogen) atoms. The molecule has 0 unspecified atom stereocenters. The Morgan fingerprint density at radius 3 is 1.59 bits per heavy atom. The number of hydrogen-bond acceptors (Lipinski definition) is 14. The van der Waals surface area contributed by atoms with Gasteiger partial charge in [-0.2, -0.15) is 0 Å². The Balaban J connectivity index is 1.58. The molecule has 0 saturated carbocycles. The van der Waals surface area contributed by atoms with Crippen molar-refractivity contribution in [2.45, 2.75) is 43.7 Å². The molecule has 2 aliphatic rings. The number of non-ortho nitro benzene ring substituents is 4. The van der Waals surface area contributed by atoms with Gasteiger partial charge in [0.05, 0.1) is 56.2 Å². The van der Waals surface area contributed by atoms with E-state index in [2.05, 4.69) is 0 Å². The summed E-state index contributed by atoms with van der Waals surface area (Å²) in [4.78, 5) is 67.0. The molecule has 0 aromatic heterocycles. The van der Waals surface area contributed by atoms with Gasteiger partial charge in [0.25, 0.3) is 22.7 Å². The molecular formula is C23H20N4O14. The van der Waals surface area contributed by atoms with Crippen LogP contribution in [0.25, 0.3) is 0 Å². The van der Waals surface area contributed by atoms with Crippen LogP contribution >= 0.6 is 0 Å². The Morgan fingerprint density at radius 1 is 0.707 bits per heavy atom. The summed E-state index contributed by atoms with van der Waals surface area (Å²) >= 11 is 0. The molecule has 2 saturated heterocycles. The fraction of sp³-hybridized carbons (Fsp3) is 0.391. The molecule has 0 N–H and O–H groups in total. The third-order valence-electron chi connectivity index (χ3n) is 6.39. The first kappa shape index (κ1) is 28.9. The Hall–Kier alpha value is -5.10. The molecule has 2 aromatic rings. The highest BCUT2D eigenvalue weighted by atomic mass is 16.7.